The first kappa shape index (κ1) is 18.7. The number of benzene rings is 2. The largest absolute Gasteiger partial charge is 0.492 e. The Kier molecular flexibility index (Phi) is 6.47. The van der Waals surface area contributed by atoms with Gasteiger partial charge in [-0.25, -0.2) is 4.39 Å². The van der Waals surface area contributed by atoms with Crippen LogP contribution in [0.15, 0.2) is 48.5 Å². The molecule has 0 bridgehead atoms. The summed E-state index contributed by atoms with van der Waals surface area (Å²) in [5.74, 6) is -0.00630. The van der Waals surface area contributed by atoms with E-state index in [-0.39, 0.29) is 17.0 Å². The maximum absolute atomic E-state index is 13.4. The van der Waals surface area contributed by atoms with Crippen LogP contribution in [0.5, 0.6) is 5.75 Å². The number of hydrogen-bond donors (Lipinski definition) is 1. The molecule has 0 spiro atoms. The van der Waals surface area contributed by atoms with Gasteiger partial charge in [-0.15, -0.1) is 0 Å². The van der Waals surface area contributed by atoms with Crippen molar-refractivity contribution < 1.29 is 13.9 Å². The van der Waals surface area contributed by atoms with Crippen molar-refractivity contribution in [2.45, 2.75) is 18.9 Å². The van der Waals surface area contributed by atoms with Gasteiger partial charge in [0.2, 0.25) is 0 Å². The molecule has 1 amide bonds. The molecule has 0 aliphatic carbocycles. The van der Waals surface area contributed by atoms with E-state index in [1.165, 1.54) is 12.1 Å². The van der Waals surface area contributed by atoms with Crippen LogP contribution in [0.25, 0.3) is 0 Å². The zero-order chi connectivity index (χ0) is 18.4. The van der Waals surface area contributed by atoms with Crippen LogP contribution in [-0.4, -0.2) is 43.1 Å². The lowest BCUT2D eigenvalue weighted by Gasteiger charge is -2.32. The molecule has 26 heavy (non-hydrogen) atoms. The van der Waals surface area contributed by atoms with Crippen LogP contribution in [0.1, 0.15) is 23.2 Å². The molecule has 1 heterocycles. The van der Waals surface area contributed by atoms with Crippen LogP contribution in [0.2, 0.25) is 5.02 Å². The monoisotopic (exact) mass is 376 g/mol. The molecule has 1 saturated heterocycles. The van der Waals surface area contributed by atoms with Gasteiger partial charge in [0.05, 0.1) is 5.02 Å². The van der Waals surface area contributed by atoms with Crippen molar-refractivity contribution in [1.29, 1.82) is 0 Å². The van der Waals surface area contributed by atoms with Crippen molar-refractivity contribution in [1.82, 2.24) is 10.2 Å². The number of ether oxygens (including phenoxy) is 1. The first-order valence-corrected chi connectivity index (χ1v) is 9.16. The van der Waals surface area contributed by atoms with Crippen LogP contribution in [0.4, 0.5) is 4.39 Å². The van der Waals surface area contributed by atoms with E-state index in [1.54, 1.807) is 6.07 Å². The van der Waals surface area contributed by atoms with Crippen LogP contribution >= 0.6 is 11.6 Å². The van der Waals surface area contributed by atoms with Gasteiger partial charge >= 0.3 is 0 Å². The van der Waals surface area contributed by atoms with Gasteiger partial charge in [-0.2, -0.15) is 0 Å². The minimum absolute atomic E-state index is 0.0165. The molecular weight excluding hydrogens is 355 g/mol. The number of hydrogen-bond acceptors (Lipinski definition) is 3. The maximum Gasteiger partial charge on any atom is 0.251 e. The van der Waals surface area contributed by atoms with Crippen molar-refractivity contribution in [3.63, 3.8) is 0 Å². The molecular formula is C20H22ClFN2O2. The SMILES string of the molecule is O=C(NC1CCN(CCOc2ccc(Cl)c(F)c2)CC1)c1ccccc1. The lowest BCUT2D eigenvalue weighted by molar-refractivity contribution is 0.0905. The third-order valence-electron chi connectivity index (χ3n) is 4.53. The van der Waals surface area contributed by atoms with Gasteiger partial charge in [-0.05, 0) is 37.1 Å². The highest BCUT2D eigenvalue weighted by Gasteiger charge is 2.21. The molecule has 0 saturated carbocycles. The minimum atomic E-state index is -0.473. The van der Waals surface area contributed by atoms with E-state index in [1.807, 2.05) is 30.3 Å². The molecule has 0 atom stereocenters. The second-order valence-electron chi connectivity index (χ2n) is 6.38. The highest BCUT2D eigenvalue weighted by Crippen LogP contribution is 2.20. The van der Waals surface area contributed by atoms with Crippen LogP contribution in [0, 0.1) is 5.82 Å². The molecule has 1 fully saturated rings. The van der Waals surface area contributed by atoms with E-state index in [9.17, 15) is 9.18 Å². The maximum atomic E-state index is 13.4. The Morgan fingerprint density at radius 3 is 2.62 bits per heavy atom. The zero-order valence-corrected chi connectivity index (χ0v) is 15.2. The molecule has 6 heteroatoms. The summed E-state index contributed by atoms with van der Waals surface area (Å²) in [6, 6.07) is 13.9. The summed E-state index contributed by atoms with van der Waals surface area (Å²) in [5.41, 5.74) is 0.693. The van der Waals surface area contributed by atoms with Gasteiger partial charge in [0.15, 0.2) is 0 Å². The van der Waals surface area contributed by atoms with Crippen LogP contribution in [-0.2, 0) is 0 Å². The molecule has 138 valence electrons. The van der Waals surface area contributed by atoms with Crippen molar-refractivity contribution in [2.75, 3.05) is 26.2 Å². The summed E-state index contributed by atoms with van der Waals surface area (Å²) in [5, 5.41) is 3.19. The predicted octanol–water partition coefficient (Wildman–Crippen LogP) is 3.75. The highest BCUT2D eigenvalue weighted by molar-refractivity contribution is 6.30. The number of carbonyl (C=O) groups excluding carboxylic acids is 1. The van der Waals surface area contributed by atoms with Gasteiger partial charge in [0.1, 0.15) is 18.2 Å². The van der Waals surface area contributed by atoms with Crippen LogP contribution < -0.4 is 10.1 Å². The van der Waals surface area contributed by atoms with Gasteiger partial charge in [0.25, 0.3) is 5.91 Å². The van der Waals surface area contributed by atoms with E-state index in [4.69, 9.17) is 16.3 Å². The van der Waals surface area contributed by atoms with E-state index in [0.29, 0.717) is 17.9 Å². The standard InChI is InChI=1S/C20H22ClFN2O2/c21-18-7-6-17(14-19(18)22)26-13-12-24-10-8-16(9-11-24)23-20(25)15-4-2-1-3-5-15/h1-7,14,16H,8-13H2,(H,23,25). The molecule has 2 aromatic rings. The number of nitrogens with one attached hydrogen (secondary N) is 1. The second-order valence-corrected chi connectivity index (χ2v) is 6.79. The Bertz CT molecular complexity index is 734. The summed E-state index contributed by atoms with van der Waals surface area (Å²) < 4.78 is 19.0. The first-order chi connectivity index (χ1) is 12.6. The number of nitrogens with zero attached hydrogens (tertiary/aromatic N) is 1. The van der Waals surface area contributed by atoms with E-state index in [2.05, 4.69) is 10.2 Å². The molecule has 0 aromatic heterocycles. The predicted molar refractivity (Wildman–Crippen MR) is 100 cm³/mol. The van der Waals surface area contributed by atoms with Gasteiger partial charge in [0, 0.05) is 37.3 Å². The van der Waals surface area contributed by atoms with Crippen LogP contribution in [0.3, 0.4) is 0 Å². The average Bonchev–Trinajstić information content (AvgIpc) is 2.67. The summed E-state index contributed by atoms with van der Waals surface area (Å²) >= 11 is 5.66. The summed E-state index contributed by atoms with van der Waals surface area (Å²) in [4.78, 5) is 14.5. The topological polar surface area (TPSA) is 41.6 Å². The lowest BCUT2D eigenvalue weighted by atomic mass is 10.0. The van der Waals surface area contributed by atoms with Crippen molar-refractivity contribution >= 4 is 17.5 Å². The van der Waals surface area contributed by atoms with Crippen molar-refractivity contribution in [2.24, 2.45) is 0 Å². The smallest absolute Gasteiger partial charge is 0.251 e. The number of amides is 1. The Morgan fingerprint density at radius 1 is 1.19 bits per heavy atom. The van der Waals surface area contributed by atoms with Gasteiger partial charge in [-0.1, -0.05) is 29.8 Å². The number of halogens is 2. The number of piperidine rings is 1. The molecule has 0 radical (unpaired) electrons. The fourth-order valence-electron chi connectivity index (χ4n) is 3.02. The Morgan fingerprint density at radius 2 is 1.92 bits per heavy atom. The third kappa shape index (κ3) is 5.19. The second kappa shape index (κ2) is 9.01. The van der Waals surface area contributed by atoms with Crippen molar-refractivity contribution in [3.05, 3.63) is 64.9 Å². The Balaban J connectivity index is 1.37. The summed E-state index contributed by atoms with van der Waals surface area (Å²) in [7, 11) is 0. The molecule has 3 rings (SSSR count). The molecule has 1 aliphatic rings. The highest BCUT2D eigenvalue weighted by atomic mass is 35.5. The Hall–Kier alpha value is -2.11. The average molecular weight is 377 g/mol. The summed E-state index contributed by atoms with van der Waals surface area (Å²) in [6.45, 7) is 3.06. The number of carbonyl (C=O) groups is 1. The molecule has 1 N–H and O–H groups in total. The fraction of sp³-hybridized carbons (Fsp3) is 0.350. The zero-order valence-electron chi connectivity index (χ0n) is 14.5. The van der Waals surface area contributed by atoms with E-state index in [0.717, 1.165) is 32.5 Å². The Labute approximate surface area is 157 Å². The van der Waals surface area contributed by atoms with E-state index >= 15 is 0 Å². The quantitative estimate of drug-likeness (QED) is 0.834. The van der Waals surface area contributed by atoms with Gasteiger partial charge < -0.3 is 10.1 Å². The molecule has 4 nitrogen and oxygen atoms in total. The minimum Gasteiger partial charge on any atom is -0.492 e. The molecule has 1 aliphatic heterocycles. The number of rotatable bonds is 6. The van der Waals surface area contributed by atoms with E-state index < -0.39 is 5.82 Å². The van der Waals surface area contributed by atoms with Crippen molar-refractivity contribution in [3.8, 4) is 5.75 Å². The first-order valence-electron chi connectivity index (χ1n) is 8.78. The normalized spacial score (nSPS) is 15.6. The third-order valence-corrected chi connectivity index (χ3v) is 4.83. The fourth-order valence-corrected chi connectivity index (χ4v) is 3.14. The molecule has 2 aromatic carbocycles. The van der Waals surface area contributed by atoms with Gasteiger partial charge in [-0.3, -0.25) is 9.69 Å². The summed E-state index contributed by atoms with van der Waals surface area (Å²) in [6.07, 6.45) is 1.82. The molecule has 0 unspecified atom stereocenters. The lowest BCUT2D eigenvalue weighted by Crippen LogP contribution is -2.45. The number of likely N-dealkylation sites (tertiary alicyclic amines) is 1.